The fourth-order valence-corrected chi connectivity index (χ4v) is 12.5. The number of rotatable bonds is 3. The van der Waals surface area contributed by atoms with Crippen LogP contribution in [0.1, 0.15) is 103 Å². The van der Waals surface area contributed by atoms with Crippen LogP contribution >= 0.6 is 31.9 Å². The fraction of sp³-hybridized carbons (Fsp3) is 0.750. The molecule has 0 saturated heterocycles. The third-order valence-corrected chi connectivity index (χ3v) is 14.2. The Morgan fingerprint density at radius 1 is 0.265 bits per heavy atom. The molecule has 12 aliphatic carbocycles. The summed E-state index contributed by atoms with van der Waals surface area (Å²) in [7, 11) is 0. The van der Waals surface area contributed by atoms with Crippen LogP contribution in [-0.2, 0) is 0 Å². The average molecular weight is 584 g/mol. The Morgan fingerprint density at radius 2 is 0.441 bits per heavy atom. The molecule has 0 spiro atoms. The molecule has 4 fully saturated rings. The van der Waals surface area contributed by atoms with E-state index in [-0.39, 0.29) is 0 Å². The molecule has 4 saturated carbocycles. The molecule has 0 amide bonds. The van der Waals surface area contributed by atoms with Gasteiger partial charge in [0.15, 0.2) is 0 Å². The molecule has 0 aliphatic heterocycles. The largest absolute Gasteiger partial charge is 0.0550 e. The standard InChI is InChI=1S/C32H40Br2/c33-31-23-13-9-21(10-14-23)29(31)27-19-5-1-17(2-6-19)25(27)26-18-3-7-20(8-4-18)28(26)30-22-11-15-24(16-12-22)32(30)34/h17-24H,1-16H2. The van der Waals surface area contributed by atoms with Crippen molar-refractivity contribution in [3.05, 3.63) is 42.4 Å². The van der Waals surface area contributed by atoms with Gasteiger partial charge in [0.1, 0.15) is 0 Å². The van der Waals surface area contributed by atoms with E-state index in [4.69, 9.17) is 0 Å². The van der Waals surface area contributed by atoms with Crippen molar-refractivity contribution < 1.29 is 0 Å². The van der Waals surface area contributed by atoms with Crippen molar-refractivity contribution >= 4 is 31.9 Å². The molecule has 0 nitrogen and oxygen atoms in total. The zero-order valence-electron chi connectivity index (χ0n) is 20.7. The first-order valence-electron chi connectivity index (χ1n) is 15.0. The van der Waals surface area contributed by atoms with Gasteiger partial charge in [-0.25, -0.2) is 0 Å². The molecule has 0 aromatic heterocycles. The molecule has 0 atom stereocenters. The maximum Gasteiger partial charge on any atom is 0.00194 e. The summed E-state index contributed by atoms with van der Waals surface area (Å²) in [4.78, 5) is 0. The van der Waals surface area contributed by atoms with Crippen LogP contribution in [0.2, 0.25) is 0 Å². The summed E-state index contributed by atoms with van der Waals surface area (Å²) in [6, 6.07) is 0. The topological polar surface area (TPSA) is 0 Å². The summed E-state index contributed by atoms with van der Waals surface area (Å²) in [5.41, 5.74) is 11.5. The van der Waals surface area contributed by atoms with E-state index in [9.17, 15) is 0 Å². The van der Waals surface area contributed by atoms with Crippen LogP contribution in [0.3, 0.4) is 0 Å². The van der Waals surface area contributed by atoms with Gasteiger partial charge >= 0.3 is 0 Å². The van der Waals surface area contributed by atoms with Crippen LogP contribution in [0.15, 0.2) is 42.4 Å². The quantitative estimate of drug-likeness (QED) is 0.310. The lowest BCUT2D eigenvalue weighted by molar-refractivity contribution is 0.248. The van der Waals surface area contributed by atoms with Crippen molar-refractivity contribution in [1.29, 1.82) is 0 Å². The van der Waals surface area contributed by atoms with Crippen LogP contribution in [-0.4, -0.2) is 0 Å². The number of allylic oxidation sites excluding steroid dienone is 8. The highest BCUT2D eigenvalue weighted by Gasteiger charge is 2.49. The summed E-state index contributed by atoms with van der Waals surface area (Å²) in [6.07, 6.45) is 23.4. The van der Waals surface area contributed by atoms with Crippen LogP contribution in [0.5, 0.6) is 0 Å². The van der Waals surface area contributed by atoms with Gasteiger partial charge in [-0.15, -0.1) is 0 Å². The van der Waals surface area contributed by atoms with E-state index in [1.807, 2.05) is 33.4 Å². The van der Waals surface area contributed by atoms with E-state index in [1.165, 1.54) is 103 Å². The first kappa shape index (κ1) is 22.0. The Hall–Kier alpha value is -0.0800. The van der Waals surface area contributed by atoms with Gasteiger partial charge in [0, 0.05) is 8.96 Å². The van der Waals surface area contributed by atoms with Gasteiger partial charge < -0.3 is 0 Å². The molecule has 8 bridgehead atoms. The molecule has 0 N–H and O–H groups in total. The summed E-state index contributed by atoms with van der Waals surface area (Å²) < 4.78 is 3.32. The number of hydrogen-bond donors (Lipinski definition) is 0. The van der Waals surface area contributed by atoms with Gasteiger partial charge in [0.2, 0.25) is 0 Å². The third-order valence-electron chi connectivity index (χ3n) is 12.0. The Balaban J connectivity index is 1.39. The zero-order chi connectivity index (χ0) is 22.6. The highest BCUT2D eigenvalue weighted by atomic mass is 79.9. The predicted molar refractivity (Wildman–Crippen MR) is 148 cm³/mol. The second kappa shape index (κ2) is 8.21. The van der Waals surface area contributed by atoms with Crippen molar-refractivity contribution in [2.45, 2.75) is 103 Å². The van der Waals surface area contributed by atoms with E-state index >= 15 is 0 Å². The monoisotopic (exact) mass is 582 g/mol. The van der Waals surface area contributed by atoms with Gasteiger partial charge in [-0.1, -0.05) is 31.9 Å². The minimum absolute atomic E-state index is 0.830. The van der Waals surface area contributed by atoms with Gasteiger partial charge in [0.05, 0.1) is 0 Å². The highest BCUT2D eigenvalue weighted by Crippen LogP contribution is 2.63. The van der Waals surface area contributed by atoms with E-state index in [1.54, 1.807) is 8.96 Å². The third kappa shape index (κ3) is 3.06. The first-order chi connectivity index (χ1) is 16.7. The lowest BCUT2D eigenvalue weighted by atomic mass is 9.53. The molecule has 0 radical (unpaired) electrons. The lowest BCUT2D eigenvalue weighted by Gasteiger charge is -2.52. The van der Waals surface area contributed by atoms with E-state index in [2.05, 4.69) is 31.9 Å². The summed E-state index contributed by atoms with van der Waals surface area (Å²) >= 11 is 8.50. The number of halogens is 2. The van der Waals surface area contributed by atoms with Gasteiger partial charge in [-0.3, -0.25) is 0 Å². The fourth-order valence-electron chi connectivity index (χ4n) is 10.5. The van der Waals surface area contributed by atoms with Crippen LogP contribution in [0, 0.1) is 47.3 Å². The van der Waals surface area contributed by atoms with E-state index in [0.29, 0.717) is 0 Å². The van der Waals surface area contributed by atoms with Gasteiger partial charge in [0.25, 0.3) is 0 Å². The van der Waals surface area contributed by atoms with Crippen molar-refractivity contribution in [3.8, 4) is 0 Å². The van der Waals surface area contributed by atoms with Crippen molar-refractivity contribution in [2.75, 3.05) is 0 Å². The Morgan fingerprint density at radius 3 is 0.676 bits per heavy atom. The molecular formula is C32H40Br2. The minimum Gasteiger partial charge on any atom is -0.0550 e. The highest BCUT2D eigenvalue weighted by molar-refractivity contribution is 9.12. The molecule has 182 valence electrons. The Kier molecular flexibility index (Phi) is 5.30. The van der Waals surface area contributed by atoms with Gasteiger partial charge in [-0.05, 0) is 184 Å². The molecule has 0 unspecified atom stereocenters. The summed E-state index contributed by atoms with van der Waals surface area (Å²) in [5.74, 6) is 6.80. The molecular weight excluding hydrogens is 544 g/mol. The molecule has 0 aromatic carbocycles. The summed E-state index contributed by atoms with van der Waals surface area (Å²) in [5, 5.41) is 0. The molecule has 12 rings (SSSR count). The Labute approximate surface area is 223 Å². The zero-order valence-corrected chi connectivity index (χ0v) is 23.9. The maximum absolute atomic E-state index is 4.25. The second-order valence-corrected chi connectivity index (χ2v) is 15.1. The van der Waals surface area contributed by atoms with Crippen LogP contribution in [0.25, 0.3) is 0 Å². The normalized spacial score (nSPS) is 45.4. The molecule has 34 heavy (non-hydrogen) atoms. The smallest absolute Gasteiger partial charge is 0.00194 e. The van der Waals surface area contributed by atoms with E-state index < -0.39 is 0 Å². The predicted octanol–water partition coefficient (Wildman–Crippen LogP) is 10.2. The molecule has 0 aromatic rings. The number of hydrogen-bond acceptors (Lipinski definition) is 0. The number of fused-ring (bicyclic) bond motifs is 11. The average Bonchev–Trinajstić information content (AvgIpc) is 2.91. The maximum atomic E-state index is 4.25. The Bertz CT molecular complexity index is 937. The second-order valence-electron chi connectivity index (χ2n) is 13.4. The molecule has 0 heterocycles. The molecule has 12 aliphatic rings. The molecule has 2 heteroatoms. The van der Waals surface area contributed by atoms with Crippen molar-refractivity contribution in [2.24, 2.45) is 47.3 Å². The minimum atomic E-state index is 0.830. The summed E-state index contributed by atoms with van der Waals surface area (Å²) in [6.45, 7) is 0. The SMILES string of the molecule is BrC1=C(C2=C(C3=C(C4=C(Br)C5CCC4CC5)C4CCC3CC4)C3CCC2CC3)C2CCC1CC2. The van der Waals surface area contributed by atoms with Gasteiger partial charge in [-0.2, -0.15) is 0 Å². The van der Waals surface area contributed by atoms with Crippen molar-refractivity contribution in [3.63, 3.8) is 0 Å². The van der Waals surface area contributed by atoms with Crippen LogP contribution < -0.4 is 0 Å². The van der Waals surface area contributed by atoms with Crippen LogP contribution in [0.4, 0.5) is 0 Å². The van der Waals surface area contributed by atoms with Crippen molar-refractivity contribution in [1.82, 2.24) is 0 Å². The first-order valence-corrected chi connectivity index (χ1v) is 16.6. The van der Waals surface area contributed by atoms with E-state index in [0.717, 1.165) is 47.3 Å². The lowest BCUT2D eigenvalue weighted by Crippen LogP contribution is -2.38.